The van der Waals surface area contributed by atoms with Gasteiger partial charge in [-0.2, -0.15) is 9.78 Å². The number of hydrogen-bond acceptors (Lipinski definition) is 4. The highest BCUT2D eigenvalue weighted by Crippen LogP contribution is 2.32. The maximum atomic E-state index is 12.8. The lowest BCUT2D eigenvalue weighted by Gasteiger charge is -2.14. The summed E-state index contributed by atoms with van der Waals surface area (Å²) < 4.78 is 8.65. The topological polar surface area (TPSA) is 56.5 Å². The Bertz CT molecular complexity index is 1110. The first-order chi connectivity index (χ1) is 12.8. The highest BCUT2D eigenvalue weighted by molar-refractivity contribution is 9.10. The molecule has 2 aromatic carbocycles. The molecule has 0 aliphatic carbocycles. The molecule has 0 aliphatic rings. The predicted molar refractivity (Wildman–Crippen MR) is 116 cm³/mol. The van der Waals surface area contributed by atoms with E-state index in [0.717, 1.165) is 8.95 Å². The number of nitrogens with zero attached hydrogens (tertiary/aromatic N) is 3. The Hall–Kier alpha value is -1.70. The standard InChI is InChI=1S/C19H16Br2ClN3O2/c1-10(2)27-18-12(6-14(22)8-16(18)21)9-23-25-11(3)24-17-5-4-13(20)7-15(17)19(25)26/h4-10H,1-3H3. The van der Waals surface area contributed by atoms with E-state index in [1.165, 1.54) is 4.68 Å². The van der Waals surface area contributed by atoms with Gasteiger partial charge in [-0.15, -0.1) is 0 Å². The van der Waals surface area contributed by atoms with Gasteiger partial charge in [-0.1, -0.05) is 27.5 Å². The van der Waals surface area contributed by atoms with E-state index in [1.807, 2.05) is 19.9 Å². The lowest BCUT2D eigenvalue weighted by atomic mass is 10.2. The molecule has 0 fully saturated rings. The average Bonchev–Trinajstić information content (AvgIpc) is 2.58. The molecule has 8 heteroatoms. The zero-order chi connectivity index (χ0) is 19.7. The van der Waals surface area contributed by atoms with Crippen LogP contribution in [0.2, 0.25) is 5.02 Å². The molecule has 0 atom stereocenters. The molecule has 140 valence electrons. The molecule has 0 amide bonds. The van der Waals surface area contributed by atoms with Gasteiger partial charge in [0.15, 0.2) is 0 Å². The highest BCUT2D eigenvalue weighted by Gasteiger charge is 2.12. The van der Waals surface area contributed by atoms with Crippen LogP contribution in [0.15, 0.2) is 49.2 Å². The van der Waals surface area contributed by atoms with E-state index < -0.39 is 0 Å². The minimum Gasteiger partial charge on any atom is -0.489 e. The largest absolute Gasteiger partial charge is 0.489 e. The molecule has 0 aliphatic heterocycles. The average molecular weight is 514 g/mol. The van der Waals surface area contributed by atoms with Crippen molar-refractivity contribution in [1.82, 2.24) is 9.66 Å². The van der Waals surface area contributed by atoms with Crippen LogP contribution in [0.25, 0.3) is 10.9 Å². The van der Waals surface area contributed by atoms with Gasteiger partial charge in [0.05, 0.1) is 27.7 Å². The van der Waals surface area contributed by atoms with Gasteiger partial charge in [0.1, 0.15) is 11.6 Å². The van der Waals surface area contributed by atoms with Crippen LogP contribution in [0.5, 0.6) is 5.75 Å². The number of aromatic nitrogens is 2. The molecule has 3 rings (SSSR count). The van der Waals surface area contributed by atoms with Gasteiger partial charge in [-0.3, -0.25) is 4.79 Å². The van der Waals surface area contributed by atoms with E-state index in [4.69, 9.17) is 16.3 Å². The van der Waals surface area contributed by atoms with Gasteiger partial charge >= 0.3 is 0 Å². The van der Waals surface area contributed by atoms with Crippen molar-refractivity contribution < 1.29 is 4.74 Å². The lowest BCUT2D eigenvalue weighted by Crippen LogP contribution is -2.20. The highest BCUT2D eigenvalue weighted by atomic mass is 79.9. The normalized spacial score (nSPS) is 11.7. The zero-order valence-corrected chi connectivity index (χ0v) is 18.8. The number of ether oxygens (including phenoxy) is 1. The van der Waals surface area contributed by atoms with Crippen LogP contribution >= 0.6 is 43.5 Å². The molecule has 1 aromatic heterocycles. The fourth-order valence-electron chi connectivity index (χ4n) is 2.55. The van der Waals surface area contributed by atoms with Crippen molar-refractivity contribution in [1.29, 1.82) is 0 Å². The van der Waals surface area contributed by atoms with E-state index in [2.05, 4.69) is 41.9 Å². The van der Waals surface area contributed by atoms with Gasteiger partial charge in [-0.05, 0) is 67.0 Å². The second-order valence-corrected chi connectivity index (χ2v) is 8.36. The summed E-state index contributed by atoms with van der Waals surface area (Å²) >= 11 is 13.0. The summed E-state index contributed by atoms with van der Waals surface area (Å²) in [5, 5.41) is 5.36. The van der Waals surface area contributed by atoms with Crippen molar-refractivity contribution >= 4 is 60.6 Å². The predicted octanol–water partition coefficient (Wildman–Crippen LogP) is 5.55. The third-order valence-corrected chi connectivity index (χ3v) is 4.97. The summed E-state index contributed by atoms with van der Waals surface area (Å²) in [6, 6.07) is 8.87. The Labute approximate surface area is 178 Å². The second kappa shape index (κ2) is 8.12. The Morgan fingerprint density at radius 3 is 2.70 bits per heavy atom. The Balaban J connectivity index is 2.13. The Morgan fingerprint density at radius 1 is 1.26 bits per heavy atom. The molecule has 0 radical (unpaired) electrons. The van der Waals surface area contributed by atoms with Crippen molar-refractivity contribution in [2.24, 2.45) is 5.10 Å². The molecule has 0 saturated carbocycles. The van der Waals surface area contributed by atoms with E-state index in [1.54, 1.807) is 37.4 Å². The quantitative estimate of drug-likeness (QED) is 0.430. The van der Waals surface area contributed by atoms with E-state index in [-0.39, 0.29) is 11.7 Å². The molecule has 1 heterocycles. The van der Waals surface area contributed by atoms with Gasteiger partial charge < -0.3 is 4.74 Å². The molecule has 27 heavy (non-hydrogen) atoms. The molecular formula is C19H16Br2ClN3O2. The third kappa shape index (κ3) is 4.42. The number of rotatable bonds is 4. The van der Waals surface area contributed by atoms with Gasteiger partial charge in [0.2, 0.25) is 0 Å². The summed E-state index contributed by atoms with van der Waals surface area (Å²) in [6.45, 7) is 5.60. The Morgan fingerprint density at radius 2 is 2.00 bits per heavy atom. The second-order valence-electron chi connectivity index (χ2n) is 6.15. The minimum atomic E-state index is -0.248. The van der Waals surface area contributed by atoms with Crippen LogP contribution in [0, 0.1) is 6.92 Å². The van der Waals surface area contributed by atoms with Crippen LogP contribution in [0.3, 0.4) is 0 Å². The summed E-state index contributed by atoms with van der Waals surface area (Å²) in [7, 11) is 0. The van der Waals surface area contributed by atoms with Crippen LogP contribution in [-0.2, 0) is 0 Å². The number of hydrogen-bond donors (Lipinski definition) is 0. The molecule has 0 unspecified atom stereocenters. The summed E-state index contributed by atoms with van der Waals surface area (Å²) in [5.74, 6) is 1.10. The summed E-state index contributed by atoms with van der Waals surface area (Å²) in [4.78, 5) is 17.3. The van der Waals surface area contributed by atoms with Crippen molar-refractivity contribution in [3.63, 3.8) is 0 Å². The van der Waals surface area contributed by atoms with Crippen LogP contribution in [0.4, 0.5) is 0 Å². The smallest absolute Gasteiger partial charge is 0.282 e. The van der Waals surface area contributed by atoms with Crippen LogP contribution in [-0.4, -0.2) is 22.0 Å². The van der Waals surface area contributed by atoms with Crippen molar-refractivity contribution in [3.8, 4) is 5.75 Å². The first-order valence-electron chi connectivity index (χ1n) is 8.15. The zero-order valence-electron chi connectivity index (χ0n) is 14.8. The number of halogens is 3. The van der Waals surface area contributed by atoms with E-state index >= 15 is 0 Å². The minimum absolute atomic E-state index is 0.0289. The maximum absolute atomic E-state index is 12.8. The summed E-state index contributed by atoms with van der Waals surface area (Å²) in [5.41, 5.74) is 1.03. The van der Waals surface area contributed by atoms with Crippen molar-refractivity contribution in [3.05, 3.63) is 66.0 Å². The third-order valence-electron chi connectivity index (χ3n) is 3.67. The summed E-state index contributed by atoms with van der Waals surface area (Å²) in [6.07, 6.45) is 1.52. The fraction of sp³-hybridized carbons (Fsp3) is 0.211. The van der Waals surface area contributed by atoms with Crippen molar-refractivity contribution in [2.75, 3.05) is 0 Å². The first kappa shape index (κ1) is 20.0. The monoisotopic (exact) mass is 511 g/mol. The lowest BCUT2D eigenvalue weighted by molar-refractivity contribution is 0.240. The molecular weight excluding hydrogens is 497 g/mol. The number of aryl methyl sites for hydroxylation is 1. The van der Waals surface area contributed by atoms with E-state index in [9.17, 15) is 4.79 Å². The maximum Gasteiger partial charge on any atom is 0.282 e. The van der Waals surface area contributed by atoms with Crippen LogP contribution in [0.1, 0.15) is 25.2 Å². The number of fused-ring (bicyclic) bond motifs is 1. The molecule has 0 spiro atoms. The SMILES string of the molecule is Cc1nc2ccc(Br)cc2c(=O)n1N=Cc1cc(Cl)cc(Br)c1OC(C)C. The molecule has 5 nitrogen and oxygen atoms in total. The van der Waals surface area contributed by atoms with Crippen molar-refractivity contribution in [2.45, 2.75) is 26.9 Å². The Kier molecular flexibility index (Phi) is 6.03. The van der Waals surface area contributed by atoms with E-state index in [0.29, 0.717) is 33.1 Å². The van der Waals surface area contributed by atoms with Gasteiger partial charge in [0, 0.05) is 15.1 Å². The molecule has 0 N–H and O–H groups in total. The fourth-order valence-corrected chi connectivity index (χ4v) is 3.84. The molecule has 0 saturated heterocycles. The van der Waals surface area contributed by atoms with Gasteiger partial charge in [-0.25, -0.2) is 4.98 Å². The number of benzene rings is 2. The van der Waals surface area contributed by atoms with Gasteiger partial charge in [0.25, 0.3) is 5.56 Å². The van der Waals surface area contributed by atoms with Crippen LogP contribution < -0.4 is 10.3 Å². The molecule has 3 aromatic rings. The first-order valence-corrected chi connectivity index (χ1v) is 10.1. The molecule has 0 bridgehead atoms.